The van der Waals surface area contributed by atoms with Crippen LogP contribution in [0.15, 0.2) is 30.3 Å². The molecule has 1 aliphatic heterocycles. The number of hydrogen-bond donors (Lipinski definition) is 1. The average molecular weight is 298 g/mol. The summed E-state index contributed by atoms with van der Waals surface area (Å²) < 4.78 is 5.44. The van der Waals surface area contributed by atoms with Gasteiger partial charge in [-0.25, -0.2) is 9.97 Å². The van der Waals surface area contributed by atoms with E-state index in [2.05, 4.69) is 44.5 Å². The van der Waals surface area contributed by atoms with Crippen molar-refractivity contribution in [3.8, 4) is 0 Å². The van der Waals surface area contributed by atoms with E-state index in [0.717, 1.165) is 37.0 Å². The molecule has 0 amide bonds. The second-order valence-electron chi connectivity index (χ2n) is 5.43. The van der Waals surface area contributed by atoms with Gasteiger partial charge in [-0.1, -0.05) is 18.2 Å². The molecule has 0 atom stereocenters. The third-order valence-corrected chi connectivity index (χ3v) is 3.72. The van der Waals surface area contributed by atoms with Crippen LogP contribution in [0.5, 0.6) is 0 Å². The molecule has 1 aromatic carbocycles. The zero-order valence-corrected chi connectivity index (χ0v) is 13.2. The van der Waals surface area contributed by atoms with Crippen LogP contribution < -0.4 is 10.2 Å². The van der Waals surface area contributed by atoms with Gasteiger partial charge in [-0.15, -0.1) is 0 Å². The first-order valence-electron chi connectivity index (χ1n) is 7.75. The van der Waals surface area contributed by atoms with E-state index in [-0.39, 0.29) is 0 Å². The van der Waals surface area contributed by atoms with Gasteiger partial charge in [0.1, 0.15) is 12.4 Å². The topological polar surface area (TPSA) is 50.3 Å². The molecule has 1 N–H and O–H groups in total. The van der Waals surface area contributed by atoms with Crippen molar-refractivity contribution in [3.05, 3.63) is 47.4 Å². The summed E-state index contributed by atoms with van der Waals surface area (Å²) in [6.45, 7) is 7.80. The zero-order valence-electron chi connectivity index (χ0n) is 13.2. The number of aromatic nitrogens is 2. The second kappa shape index (κ2) is 6.75. The Kier molecular flexibility index (Phi) is 4.53. The van der Waals surface area contributed by atoms with Gasteiger partial charge in [0, 0.05) is 43.7 Å². The lowest BCUT2D eigenvalue weighted by atomic mass is 10.1. The largest absolute Gasteiger partial charge is 0.383 e. The lowest BCUT2D eigenvalue weighted by molar-refractivity contribution is 0.128. The number of nitrogens with one attached hydrogen (secondary N) is 1. The first-order valence-corrected chi connectivity index (χ1v) is 7.75. The van der Waals surface area contributed by atoms with Gasteiger partial charge < -0.3 is 15.0 Å². The number of hydrogen-bond acceptors (Lipinski definition) is 5. The van der Waals surface area contributed by atoms with Gasteiger partial charge in [0.25, 0.3) is 0 Å². The van der Waals surface area contributed by atoms with E-state index >= 15 is 0 Å². The summed E-state index contributed by atoms with van der Waals surface area (Å²) in [5.41, 5.74) is 3.48. The van der Waals surface area contributed by atoms with Gasteiger partial charge in [-0.05, 0) is 25.5 Å². The molecule has 0 aliphatic carbocycles. The van der Waals surface area contributed by atoms with Crippen molar-refractivity contribution in [3.63, 3.8) is 0 Å². The van der Waals surface area contributed by atoms with Crippen LogP contribution in [-0.2, 0) is 17.9 Å². The highest BCUT2D eigenvalue weighted by atomic mass is 16.5. The van der Waals surface area contributed by atoms with Gasteiger partial charge in [0.2, 0.25) is 0 Å². The Hall–Kier alpha value is -2.14. The van der Waals surface area contributed by atoms with E-state index in [1.807, 2.05) is 19.9 Å². The third kappa shape index (κ3) is 3.36. The van der Waals surface area contributed by atoms with Gasteiger partial charge in [-0.2, -0.15) is 0 Å². The maximum atomic E-state index is 5.44. The molecule has 22 heavy (non-hydrogen) atoms. The second-order valence-corrected chi connectivity index (χ2v) is 5.43. The van der Waals surface area contributed by atoms with Gasteiger partial charge >= 0.3 is 0 Å². The molecule has 5 nitrogen and oxygen atoms in total. The molecule has 0 bridgehead atoms. The summed E-state index contributed by atoms with van der Waals surface area (Å²) in [6.07, 6.45) is 0. The molecule has 1 aromatic heterocycles. The summed E-state index contributed by atoms with van der Waals surface area (Å²) in [5, 5.41) is 3.48. The van der Waals surface area contributed by atoms with E-state index in [1.54, 1.807) is 0 Å². The molecular weight excluding hydrogens is 276 g/mol. The number of rotatable bonds is 4. The fraction of sp³-hybridized carbons (Fsp3) is 0.412. The maximum absolute atomic E-state index is 5.44. The standard InChI is InChI=1S/C17H22N4O/c1-3-22-12-16-19-13(2)10-17(20-16)21-9-8-18-15-7-5-4-6-14(15)11-21/h4-7,10,18H,3,8-9,11-12H2,1-2H3. The van der Waals surface area contributed by atoms with Crippen LogP contribution in [0.1, 0.15) is 24.0 Å². The summed E-state index contributed by atoms with van der Waals surface area (Å²) in [4.78, 5) is 11.4. The van der Waals surface area contributed by atoms with Crippen LogP contribution in [0.2, 0.25) is 0 Å². The van der Waals surface area contributed by atoms with E-state index < -0.39 is 0 Å². The molecule has 0 spiro atoms. The molecule has 2 heterocycles. The zero-order chi connectivity index (χ0) is 15.4. The number of ether oxygens (including phenoxy) is 1. The van der Waals surface area contributed by atoms with Crippen molar-refractivity contribution in [2.24, 2.45) is 0 Å². The van der Waals surface area contributed by atoms with Crippen LogP contribution >= 0.6 is 0 Å². The van der Waals surface area contributed by atoms with Crippen molar-refractivity contribution in [2.75, 3.05) is 29.9 Å². The number of fused-ring (bicyclic) bond motifs is 1. The first-order chi connectivity index (χ1) is 10.8. The van der Waals surface area contributed by atoms with Crippen molar-refractivity contribution in [1.29, 1.82) is 0 Å². The van der Waals surface area contributed by atoms with Crippen molar-refractivity contribution < 1.29 is 4.74 Å². The predicted molar refractivity (Wildman–Crippen MR) is 88.1 cm³/mol. The SMILES string of the molecule is CCOCc1nc(C)cc(N2CCNc3ccccc3C2)n1. The smallest absolute Gasteiger partial charge is 0.156 e. The summed E-state index contributed by atoms with van der Waals surface area (Å²) in [5.74, 6) is 1.73. The highest BCUT2D eigenvalue weighted by molar-refractivity contribution is 5.55. The normalized spacial score (nSPS) is 14.2. The number of para-hydroxylation sites is 1. The molecule has 0 saturated carbocycles. The van der Waals surface area contributed by atoms with Crippen molar-refractivity contribution in [1.82, 2.24) is 9.97 Å². The van der Waals surface area contributed by atoms with Crippen LogP contribution in [-0.4, -0.2) is 29.7 Å². The fourth-order valence-electron chi connectivity index (χ4n) is 2.67. The van der Waals surface area contributed by atoms with Crippen LogP contribution in [0, 0.1) is 6.92 Å². The number of aryl methyl sites for hydroxylation is 1. The number of anilines is 2. The molecular formula is C17H22N4O. The summed E-state index contributed by atoms with van der Waals surface area (Å²) >= 11 is 0. The monoisotopic (exact) mass is 298 g/mol. The molecule has 1 aliphatic rings. The van der Waals surface area contributed by atoms with Crippen LogP contribution in [0.4, 0.5) is 11.5 Å². The highest BCUT2D eigenvalue weighted by Crippen LogP contribution is 2.23. The summed E-state index contributed by atoms with van der Waals surface area (Å²) in [6, 6.07) is 10.5. The molecule has 0 radical (unpaired) electrons. The van der Waals surface area contributed by atoms with Gasteiger partial charge in [-0.3, -0.25) is 0 Å². The maximum Gasteiger partial charge on any atom is 0.156 e. The van der Waals surface area contributed by atoms with Gasteiger partial charge in [0.05, 0.1) is 0 Å². The Balaban J connectivity index is 1.85. The summed E-state index contributed by atoms with van der Waals surface area (Å²) in [7, 11) is 0. The average Bonchev–Trinajstić information content (AvgIpc) is 2.74. The van der Waals surface area contributed by atoms with E-state index in [4.69, 9.17) is 4.74 Å². The van der Waals surface area contributed by atoms with E-state index in [1.165, 1.54) is 11.3 Å². The Morgan fingerprint density at radius 2 is 2.14 bits per heavy atom. The quantitative estimate of drug-likeness (QED) is 0.940. The number of benzene rings is 1. The molecule has 0 saturated heterocycles. The molecule has 5 heteroatoms. The van der Waals surface area contributed by atoms with E-state index in [0.29, 0.717) is 13.2 Å². The Labute approximate surface area is 131 Å². The first kappa shape index (κ1) is 14.8. The lowest BCUT2D eigenvalue weighted by Crippen LogP contribution is -2.27. The van der Waals surface area contributed by atoms with E-state index in [9.17, 15) is 0 Å². The Morgan fingerprint density at radius 1 is 1.27 bits per heavy atom. The number of nitrogens with zero attached hydrogens (tertiary/aromatic N) is 3. The minimum Gasteiger partial charge on any atom is -0.383 e. The van der Waals surface area contributed by atoms with Crippen LogP contribution in [0.3, 0.4) is 0 Å². The minimum atomic E-state index is 0.466. The Bertz CT molecular complexity index is 644. The third-order valence-electron chi connectivity index (χ3n) is 3.72. The molecule has 116 valence electrons. The van der Waals surface area contributed by atoms with Crippen LogP contribution in [0.25, 0.3) is 0 Å². The molecule has 0 fully saturated rings. The lowest BCUT2D eigenvalue weighted by Gasteiger charge is -2.22. The fourth-order valence-corrected chi connectivity index (χ4v) is 2.67. The Morgan fingerprint density at radius 3 is 3.00 bits per heavy atom. The van der Waals surface area contributed by atoms with Crippen molar-refractivity contribution >= 4 is 11.5 Å². The highest BCUT2D eigenvalue weighted by Gasteiger charge is 2.16. The minimum absolute atomic E-state index is 0.466. The molecule has 2 aromatic rings. The molecule has 0 unspecified atom stereocenters. The predicted octanol–water partition coefficient (Wildman–Crippen LogP) is 2.75. The molecule has 3 rings (SSSR count). The van der Waals surface area contributed by atoms with Gasteiger partial charge in [0.15, 0.2) is 5.82 Å². The van der Waals surface area contributed by atoms with Crippen molar-refractivity contribution in [2.45, 2.75) is 27.0 Å².